The number of rotatable bonds is 7. The number of hydrogen-bond acceptors (Lipinski definition) is 3. The van der Waals surface area contributed by atoms with E-state index in [1.807, 2.05) is 80.6 Å². The van der Waals surface area contributed by atoms with Gasteiger partial charge in [0.2, 0.25) is 11.8 Å². The minimum atomic E-state index is -0.200. The molecule has 0 aromatic heterocycles. The summed E-state index contributed by atoms with van der Waals surface area (Å²) in [5.41, 5.74) is 4.69. The molecule has 0 bridgehead atoms. The van der Waals surface area contributed by atoms with Crippen LogP contribution < -0.4 is 10.6 Å². The number of thioether (sulfide) groups is 1. The third kappa shape index (κ3) is 6.94. The molecule has 0 aliphatic carbocycles. The van der Waals surface area contributed by atoms with Gasteiger partial charge in [0.05, 0.1) is 5.75 Å². The van der Waals surface area contributed by atoms with Crippen LogP contribution in [0.2, 0.25) is 0 Å². The largest absolute Gasteiger partial charge is 0.325 e. The lowest BCUT2D eigenvalue weighted by molar-refractivity contribution is -0.114. The Hall–Kier alpha value is -3.31. The van der Waals surface area contributed by atoms with Crippen molar-refractivity contribution in [1.29, 1.82) is 0 Å². The van der Waals surface area contributed by atoms with Crippen LogP contribution in [-0.2, 0) is 9.59 Å². The van der Waals surface area contributed by atoms with Crippen molar-refractivity contribution in [3.63, 3.8) is 0 Å². The fourth-order valence-electron chi connectivity index (χ4n) is 2.98. The van der Waals surface area contributed by atoms with Gasteiger partial charge in [-0.1, -0.05) is 42.5 Å². The molecule has 5 heteroatoms. The number of benzene rings is 3. The minimum Gasteiger partial charge on any atom is -0.325 e. The maximum Gasteiger partial charge on any atom is 0.248 e. The molecule has 3 rings (SSSR count). The number of aryl methyl sites for hydroxylation is 2. The summed E-state index contributed by atoms with van der Waals surface area (Å²) in [5.74, 6) is 0.0250. The van der Waals surface area contributed by atoms with E-state index in [4.69, 9.17) is 0 Å². The van der Waals surface area contributed by atoms with Crippen molar-refractivity contribution in [2.24, 2.45) is 0 Å². The molecule has 0 saturated heterocycles. The number of hydrogen-bond donors (Lipinski definition) is 2. The highest BCUT2D eigenvalue weighted by Gasteiger charge is 2.06. The second-order valence-electron chi connectivity index (χ2n) is 6.97. The summed E-state index contributed by atoms with van der Waals surface area (Å²) in [7, 11) is 0. The first-order chi connectivity index (χ1) is 14.5. The zero-order valence-electron chi connectivity index (χ0n) is 17.0. The van der Waals surface area contributed by atoms with E-state index in [2.05, 4.69) is 16.7 Å². The predicted octanol–water partition coefficient (Wildman–Crippen LogP) is 5.69. The maximum atomic E-state index is 12.3. The van der Waals surface area contributed by atoms with Gasteiger partial charge in [-0.05, 0) is 66.9 Å². The normalized spacial score (nSPS) is 10.7. The summed E-state index contributed by atoms with van der Waals surface area (Å²) in [6, 6.07) is 23.1. The summed E-state index contributed by atoms with van der Waals surface area (Å²) in [4.78, 5) is 25.3. The van der Waals surface area contributed by atoms with Crippen LogP contribution in [0.1, 0.15) is 16.7 Å². The van der Waals surface area contributed by atoms with Gasteiger partial charge < -0.3 is 10.6 Å². The Morgan fingerprint density at radius 2 is 1.57 bits per heavy atom. The summed E-state index contributed by atoms with van der Waals surface area (Å²) in [5, 5.41) is 5.79. The average Bonchev–Trinajstić information content (AvgIpc) is 2.71. The zero-order valence-corrected chi connectivity index (χ0v) is 17.8. The number of nitrogens with one attached hydrogen (secondary N) is 2. The highest BCUT2D eigenvalue weighted by Crippen LogP contribution is 2.22. The molecule has 0 aliphatic rings. The third-order valence-corrected chi connectivity index (χ3v) is 5.20. The smallest absolute Gasteiger partial charge is 0.248 e. The molecule has 3 aromatic carbocycles. The van der Waals surface area contributed by atoms with Crippen molar-refractivity contribution in [3.05, 3.63) is 95.6 Å². The highest BCUT2D eigenvalue weighted by atomic mass is 32.2. The molecular weight excluding hydrogens is 392 g/mol. The lowest BCUT2D eigenvalue weighted by Crippen LogP contribution is -2.14. The summed E-state index contributed by atoms with van der Waals surface area (Å²) in [6.07, 6.45) is 3.28. The van der Waals surface area contributed by atoms with E-state index in [0.717, 1.165) is 27.3 Å². The van der Waals surface area contributed by atoms with Crippen LogP contribution in [-0.4, -0.2) is 17.6 Å². The Balaban J connectivity index is 1.53. The van der Waals surface area contributed by atoms with Crippen molar-refractivity contribution in [2.45, 2.75) is 18.7 Å². The molecule has 0 heterocycles. The first-order valence-corrected chi connectivity index (χ1v) is 10.6. The molecule has 2 N–H and O–H groups in total. The van der Waals surface area contributed by atoms with E-state index in [-0.39, 0.29) is 17.6 Å². The summed E-state index contributed by atoms with van der Waals surface area (Å²) >= 11 is 1.43. The maximum absolute atomic E-state index is 12.3. The van der Waals surface area contributed by atoms with Crippen LogP contribution in [0.15, 0.2) is 83.8 Å². The third-order valence-electron chi connectivity index (χ3n) is 4.20. The van der Waals surface area contributed by atoms with E-state index >= 15 is 0 Å². The fraction of sp³-hybridized carbons (Fsp3) is 0.120. The Kier molecular flexibility index (Phi) is 7.46. The average molecular weight is 417 g/mol. The zero-order chi connectivity index (χ0) is 21.3. The molecular formula is C25H24N2O2S. The number of amides is 2. The van der Waals surface area contributed by atoms with Crippen LogP contribution in [0.4, 0.5) is 11.4 Å². The van der Waals surface area contributed by atoms with Gasteiger partial charge in [0.15, 0.2) is 0 Å². The first kappa shape index (κ1) is 21.4. The highest BCUT2D eigenvalue weighted by molar-refractivity contribution is 8.00. The second kappa shape index (κ2) is 10.5. The molecule has 30 heavy (non-hydrogen) atoms. The Labute approximate surface area is 181 Å². The Morgan fingerprint density at radius 3 is 2.30 bits per heavy atom. The topological polar surface area (TPSA) is 58.2 Å². The van der Waals surface area contributed by atoms with Crippen LogP contribution >= 0.6 is 11.8 Å². The fourth-order valence-corrected chi connectivity index (χ4v) is 3.73. The quantitative estimate of drug-likeness (QED) is 0.384. The molecule has 3 aromatic rings. The molecule has 152 valence electrons. The molecule has 0 unspecified atom stereocenters. The van der Waals surface area contributed by atoms with Crippen molar-refractivity contribution in [3.8, 4) is 0 Å². The van der Waals surface area contributed by atoms with E-state index in [1.165, 1.54) is 17.8 Å². The van der Waals surface area contributed by atoms with Crippen molar-refractivity contribution >= 4 is 41.0 Å². The van der Waals surface area contributed by atoms with E-state index < -0.39 is 0 Å². The Bertz CT molecular complexity index is 1040. The van der Waals surface area contributed by atoms with Gasteiger partial charge in [-0.25, -0.2) is 0 Å². The standard InChI is InChI=1S/C25H24N2O2S/c1-18-13-19(2)15-22(14-18)27-25(29)17-30-23-10-6-9-21(16-23)26-24(28)12-11-20-7-4-3-5-8-20/h3-16H,17H2,1-2H3,(H,26,28)(H,27,29)/b12-11+. The second-order valence-corrected chi connectivity index (χ2v) is 8.02. The number of anilines is 2. The molecule has 0 radical (unpaired) electrons. The van der Waals surface area contributed by atoms with E-state index in [9.17, 15) is 9.59 Å². The van der Waals surface area contributed by atoms with Gasteiger partial charge in [-0.2, -0.15) is 0 Å². The monoisotopic (exact) mass is 416 g/mol. The van der Waals surface area contributed by atoms with Gasteiger partial charge in [-0.3, -0.25) is 9.59 Å². The summed E-state index contributed by atoms with van der Waals surface area (Å²) in [6.45, 7) is 4.01. The van der Waals surface area contributed by atoms with E-state index in [0.29, 0.717) is 5.69 Å². The Morgan fingerprint density at radius 1 is 0.833 bits per heavy atom. The van der Waals surface area contributed by atoms with Crippen LogP contribution in [0, 0.1) is 13.8 Å². The van der Waals surface area contributed by atoms with Gasteiger partial charge in [0.25, 0.3) is 0 Å². The van der Waals surface area contributed by atoms with Crippen LogP contribution in [0.3, 0.4) is 0 Å². The molecule has 2 amide bonds. The van der Waals surface area contributed by atoms with Crippen LogP contribution in [0.25, 0.3) is 6.08 Å². The van der Waals surface area contributed by atoms with Crippen LogP contribution in [0.5, 0.6) is 0 Å². The van der Waals surface area contributed by atoms with Gasteiger partial charge in [0.1, 0.15) is 0 Å². The molecule has 0 fully saturated rings. The van der Waals surface area contributed by atoms with Crippen molar-refractivity contribution in [2.75, 3.05) is 16.4 Å². The van der Waals surface area contributed by atoms with E-state index in [1.54, 1.807) is 6.08 Å². The molecule has 0 atom stereocenters. The van der Waals surface area contributed by atoms with Gasteiger partial charge in [0, 0.05) is 22.3 Å². The van der Waals surface area contributed by atoms with Gasteiger partial charge >= 0.3 is 0 Å². The molecule has 0 saturated carbocycles. The summed E-state index contributed by atoms with van der Waals surface area (Å²) < 4.78 is 0. The lowest BCUT2D eigenvalue weighted by atomic mass is 10.1. The molecule has 0 aliphatic heterocycles. The number of carbonyl (C=O) groups excluding carboxylic acids is 2. The molecule has 4 nitrogen and oxygen atoms in total. The first-order valence-electron chi connectivity index (χ1n) is 9.63. The predicted molar refractivity (Wildman–Crippen MR) is 126 cm³/mol. The van der Waals surface area contributed by atoms with Crippen molar-refractivity contribution < 1.29 is 9.59 Å². The lowest BCUT2D eigenvalue weighted by Gasteiger charge is -2.08. The SMILES string of the molecule is Cc1cc(C)cc(NC(=O)CSc2cccc(NC(=O)/C=C/c3ccccc3)c2)c1. The number of carbonyl (C=O) groups is 2. The minimum absolute atomic E-state index is 0.0646. The molecule has 0 spiro atoms. The van der Waals surface area contributed by atoms with Crippen molar-refractivity contribution in [1.82, 2.24) is 0 Å². The van der Waals surface area contributed by atoms with Gasteiger partial charge in [-0.15, -0.1) is 11.8 Å².